The number of aryl methyl sites for hydroxylation is 2. The standard InChI is InChI=1S/C17H30N4O2S/c1-4-5-6-7-10-19-17(18)20-11-12-21-24(22,23)16-13-14(2)8-9-15(16)3/h8-9,13,21H,4-7,10-12H2,1-3H3,(H3,18,19,20). The van der Waals surface area contributed by atoms with Crippen molar-refractivity contribution >= 4 is 16.0 Å². The maximum absolute atomic E-state index is 12.3. The highest BCUT2D eigenvalue weighted by Gasteiger charge is 2.16. The summed E-state index contributed by atoms with van der Waals surface area (Å²) in [6, 6.07) is 5.39. The van der Waals surface area contributed by atoms with Gasteiger partial charge < -0.3 is 11.1 Å². The molecule has 0 amide bonds. The van der Waals surface area contributed by atoms with Crippen LogP contribution in [0.2, 0.25) is 0 Å². The Hall–Kier alpha value is -1.60. The lowest BCUT2D eigenvalue weighted by Crippen LogP contribution is -2.38. The highest BCUT2D eigenvalue weighted by Crippen LogP contribution is 2.16. The van der Waals surface area contributed by atoms with Gasteiger partial charge >= 0.3 is 0 Å². The lowest BCUT2D eigenvalue weighted by molar-refractivity contribution is 0.580. The molecule has 24 heavy (non-hydrogen) atoms. The summed E-state index contributed by atoms with van der Waals surface area (Å²) in [6.45, 7) is 7.18. The van der Waals surface area contributed by atoms with Gasteiger partial charge in [0.05, 0.1) is 4.90 Å². The predicted octanol–water partition coefficient (Wildman–Crippen LogP) is 2.07. The van der Waals surface area contributed by atoms with Crippen molar-refractivity contribution in [1.29, 1.82) is 0 Å². The first-order valence-electron chi connectivity index (χ1n) is 8.47. The van der Waals surface area contributed by atoms with Crippen molar-refractivity contribution in [3.8, 4) is 0 Å². The molecule has 0 bridgehead atoms. The van der Waals surface area contributed by atoms with Gasteiger partial charge in [0, 0.05) is 19.6 Å². The molecule has 1 aromatic carbocycles. The van der Waals surface area contributed by atoms with E-state index < -0.39 is 10.0 Å². The summed E-state index contributed by atoms with van der Waals surface area (Å²) >= 11 is 0. The highest BCUT2D eigenvalue weighted by molar-refractivity contribution is 7.89. The summed E-state index contributed by atoms with van der Waals surface area (Å²) < 4.78 is 27.2. The van der Waals surface area contributed by atoms with Crippen molar-refractivity contribution < 1.29 is 8.42 Å². The molecule has 6 nitrogen and oxygen atoms in total. The van der Waals surface area contributed by atoms with Gasteiger partial charge in [-0.1, -0.05) is 38.3 Å². The van der Waals surface area contributed by atoms with E-state index in [9.17, 15) is 8.42 Å². The molecule has 4 N–H and O–H groups in total. The van der Waals surface area contributed by atoms with Crippen LogP contribution in [0.25, 0.3) is 0 Å². The maximum Gasteiger partial charge on any atom is 0.240 e. The van der Waals surface area contributed by atoms with Crippen LogP contribution in [0, 0.1) is 13.8 Å². The van der Waals surface area contributed by atoms with Crippen molar-refractivity contribution in [1.82, 2.24) is 10.0 Å². The molecule has 1 rings (SSSR count). The molecule has 0 aliphatic carbocycles. The number of hydrogen-bond donors (Lipinski definition) is 3. The van der Waals surface area contributed by atoms with E-state index in [4.69, 9.17) is 5.73 Å². The van der Waals surface area contributed by atoms with Crippen molar-refractivity contribution in [3.63, 3.8) is 0 Å². The summed E-state index contributed by atoms with van der Waals surface area (Å²) in [5, 5.41) is 2.92. The fourth-order valence-corrected chi connectivity index (χ4v) is 3.60. The maximum atomic E-state index is 12.3. The lowest BCUT2D eigenvalue weighted by atomic mass is 10.2. The number of hydrogen-bond acceptors (Lipinski definition) is 3. The Morgan fingerprint density at radius 1 is 1.17 bits per heavy atom. The molecular formula is C17H30N4O2S. The number of nitrogens with one attached hydrogen (secondary N) is 2. The van der Waals surface area contributed by atoms with Crippen LogP contribution in [-0.2, 0) is 10.0 Å². The van der Waals surface area contributed by atoms with E-state index in [0.29, 0.717) is 23.9 Å². The Kier molecular flexibility index (Phi) is 8.78. The fourth-order valence-electron chi connectivity index (χ4n) is 2.24. The summed E-state index contributed by atoms with van der Waals surface area (Å²) in [7, 11) is -3.51. The molecule has 0 heterocycles. The summed E-state index contributed by atoms with van der Waals surface area (Å²) in [4.78, 5) is 4.54. The Morgan fingerprint density at radius 3 is 2.62 bits per heavy atom. The monoisotopic (exact) mass is 354 g/mol. The van der Waals surface area contributed by atoms with Gasteiger partial charge in [-0.25, -0.2) is 13.1 Å². The van der Waals surface area contributed by atoms with Crippen LogP contribution in [0.3, 0.4) is 0 Å². The van der Waals surface area contributed by atoms with Crippen molar-refractivity contribution in [2.45, 2.75) is 51.3 Å². The van der Waals surface area contributed by atoms with Gasteiger partial charge in [0.2, 0.25) is 10.0 Å². The topological polar surface area (TPSA) is 96.6 Å². The number of unbranched alkanes of at least 4 members (excludes halogenated alkanes) is 3. The molecule has 0 atom stereocenters. The molecule has 0 radical (unpaired) electrons. The Balaban J connectivity index is 2.38. The van der Waals surface area contributed by atoms with Crippen molar-refractivity contribution in [3.05, 3.63) is 29.3 Å². The van der Waals surface area contributed by atoms with E-state index in [1.807, 2.05) is 19.1 Å². The minimum Gasteiger partial charge on any atom is -0.370 e. The number of nitrogens with two attached hydrogens (primary N) is 1. The van der Waals surface area contributed by atoms with Crippen LogP contribution < -0.4 is 15.8 Å². The normalized spacial score (nSPS) is 12.4. The Bertz CT molecular complexity index is 642. The molecule has 0 aliphatic heterocycles. The highest BCUT2D eigenvalue weighted by atomic mass is 32.2. The van der Waals surface area contributed by atoms with Gasteiger partial charge in [0.1, 0.15) is 0 Å². The third-order valence-electron chi connectivity index (χ3n) is 3.65. The van der Waals surface area contributed by atoms with E-state index in [1.165, 1.54) is 12.8 Å². The zero-order chi connectivity index (χ0) is 18.0. The molecular weight excluding hydrogens is 324 g/mol. The summed E-state index contributed by atoms with van der Waals surface area (Å²) in [5.41, 5.74) is 7.40. The quantitative estimate of drug-likeness (QED) is 0.340. The number of sulfonamides is 1. The fraction of sp³-hybridized carbons (Fsp3) is 0.588. The molecule has 7 heteroatoms. The largest absolute Gasteiger partial charge is 0.370 e. The van der Waals surface area contributed by atoms with Gasteiger partial charge in [-0.2, -0.15) is 0 Å². The average molecular weight is 355 g/mol. The second kappa shape index (κ2) is 10.3. The number of nitrogens with zero attached hydrogens (tertiary/aromatic N) is 1. The molecule has 1 aromatic rings. The van der Waals surface area contributed by atoms with Crippen LogP contribution in [0.15, 0.2) is 28.1 Å². The first-order chi connectivity index (χ1) is 11.4. The molecule has 0 saturated heterocycles. The second-order valence-corrected chi connectivity index (χ2v) is 7.66. The molecule has 0 saturated carbocycles. The first kappa shape index (κ1) is 20.4. The molecule has 136 valence electrons. The zero-order valence-corrected chi connectivity index (χ0v) is 15.7. The van der Waals surface area contributed by atoms with Gasteiger partial charge in [-0.05, 0) is 37.5 Å². The lowest BCUT2D eigenvalue weighted by Gasteiger charge is -2.11. The van der Waals surface area contributed by atoms with Gasteiger partial charge in [-0.3, -0.25) is 4.99 Å². The third-order valence-corrected chi connectivity index (χ3v) is 5.25. The number of aliphatic imine (C=N–C) groups is 1. The Morgan fingerprint density at radius 2 is 1.92 bits per heavy atom. The third kappa shape index (κ3) is 7.31. The van der Waals surface area contributed by atoms with Crippen LogP contribution in [0.1, 0.15) is 43.7 Å². The van der Waals surface area contributed by atoms with E-state index in [1.54, 1.807) is 13.0 Å². The number of rotatable bonds is 10. The SMILES string of the molecule is CCCCCCN=C(N)NCCNS(=O)(=O)c1cc(C)ccc1C. The number of benzene rings is 1. The van der Waals surface area contributed by atoms with Crippen molar-refractivity contribution in [2.75, 3.05) is 19.6 Å². The van der Waals surface area contributed by atoms with Gasteiger partial charge in [-0.15, -0.1) is 0 Å². The molecule has 0 aliphatic rings. The van der Waals surface area contributed by atoms with Gasteiger partial charge in [0.25, 0.3) is 0 Å². The van der Waals surface area contributed by atoms with E-state index in [0.717, 1.165) is 24.0 Å². The second-order valence-electron chi connectivity index (χ2n) is 5.92. The minimum absolute atomic E-state index is 0.252. The number of guanidine groups is 1. The van der Waals surface area contributed by atoms with Crippen LogP contribution in [0.4, 0.5) is 0 Å². The smallest absolute Gasteiger partial charge is 0.240 e. The van der Waals surface area contributed by atoms with E-state index in [-0.39, 0.29) is 6.54 Å². The zero-order valence-electron chi connectivity index (χ0n) is 14.9. The van der Waals surface area contributed by atoms with Crippen LogP contribution in [0.5, 0.6) is 0 Å². The molecule has 0 fully saturated rings. The van der Waals surface area contributed by atoms with E-state index >= 15 is 0 Å². The van der Waals surface area contributed by atoms with Crippen LogP contribution in [-0.4, -0.2) is 34.0 Å². The first-order valence-corrected chi connectivity index (χ1v) is 9.96. The predicted molar refractivity (Wildman–Crippen MR) is 99.7 cm³/mol. The van der Waals surface area contributed by atoms with Crippen LogP contribution >= 0.6 is 0 Å². The van der Waals surface area contributed by atoms with Gasteiger partial charge in [0.15, 0.2) is 5.96 Å². The minimum atomic E-state index is -3.51. The molecule has 0 spiro atoms. The molecule has 0 unspecified atom stereocenters. The average Bonchev–Trinajstić information content (AvgIpc) is 2.53. The van der Waals surface area contributed by atoms with Crippen molar-refractivity contribution in [2.24, 2.45) is 10.7 Å². The van der Waals surface area contributed by atoms with E-state index in [2.05, 4.69) is 22.0 Å². The Labute approximate surface area is 146 Å². The summed E-state index contributed by atoms with van der Waals surface area (Å²) in [5.74, 6) is 0.359. The summed E-state index contributed by atoms with van der Waals surface area (Å²) in [6.07, 6.45) is 4.58. The molecule has 0 aromatic heterocycles.